The maximum absolute atomic E-state index is 12.3. The molecule has 0 aromatic heterocycles. The first-order valence-corrected chi connectivity index (χ1v) is 7.27. The van der Waals surface area contributed by atoms with Crippen molar-refractivity contribution in [2.45, 2.75) is 25.3 Å². The lowest BCUT2D eigenvalue weighted by Crippen LogP contribution is -2.54. The lowest BCUT2D eigenvalue weighted by Gasteiger charge is -2.31. The van der Waals surface area contributed by atoms with Crippen LogP contribution < -0.4 is 11.1 Å². The van der Waals surface area contributed by atoms with Gasteiger partial charge in [0.15, 0.2) is 0 Å². The fourth-order valence-corrected chi connectivity index (χ4v) is 2.56. The van der Waals surface area contributed by atoms with Gasteiger partial charge in [0.25, 0.3) is 0 Å². The van der Waals surface area contributed by atoms with Gasteiger partial charge < -0.3 is 15.8 Å². The zero-order chi connectivity index (χ0) is 15.5. The normalized spacial score (nSPS) is 21.3. The minimum absolute atomic E-state index is 0.226. The third-order valence-corrected chi connectivity index (χ3v) is 4.03. The largest absolute Gasteiger partial charge is 0.381 e. The van der Waals surface area contributed by atoms with Crippen molar-refractivity contribution in [3.05, 3.63) is 34.9 Å². The Morgan fingerprint density at radius 3 is 2.81 bits per heavy atom. The Kier molecular flexibility index (Phi) is 4.85. The van der Waals surface area contributed by atoms with Crippen molar-refractivity contribution in [3.8, 4) is 0 Å². The molecule has 0 spiro atoms. The second kappa shape index (κ2) is 6.45. The number of nitrogens with one attached hydrogen (secondary N) is 1. The van der Waals surface area contributed by atoms with Crippen LogP contribution in [0.3, 0.4) is 0 Å². The van der Waals surface area contributed by atoms with E-state index in [-0.39, 0.29) is 11.8 Å². The third kappa shape index (κ3) is 3.54. The average Bonchev–Trinajstić information content (AvgIpc) is 2.47. The molecule has 1 saturated heterocycles. The number of benzene rings is 1. The van der Waals surface area contributed by atoms with Gasteiger partial charge in [-0.15, -0.1) is 0 Å². The predicted octanol–water partition coefficient (Wildman–Crippen LogP) is 1.58. The van der Waals surface area contributed by atoms with Crippen LogP contribution in [0.25, 0.3) is 0 Å². The molecule has 0 unspecified atom stereocenters. The molecule has 0 bridgehead atoms. The average molecular weight is 311 g/mol. The standard InChI is InChI=1S/C15H19ClN2O3/c1-15(14(17)20,11-5-2-6-12(16)8-11)18-13(19)10-4-3-7-21-9-10/h2,5-6,8,10H,3-4,7,9H2,1H3,(H2,17,20)(H,18,19)/t10-,15+/m1/s1. The highest BCUT2D eigenvalue weighted by Crippen LogP contribution is 2.25. The number of carbonyl (C=O) groups excluding carboxylic acids is 2. The molecule has 1 aliphatic rings. The van der Waals surface area contributed by atoms with Gasteiger partial charge in [-0.25, -0.2) is 0 Å². The second-order valence-electron chi connectivity index (χ2n) is 5.40. The summed E-state index contributed by atoms with van der Waals surface area (Å²) in [6.07, 6.45) is 1.58. The van der Waals surface area contributed by atoms with E-state index >= 15 is 0 Å². The molecular weight excluding hydrogens is 292 g/mol. The van der Waals surface area contributed by atoms with E-state index in [1.807, 2.05) is 0 Å². The summed E-state index contributed by atoms with van der Waals surface area (Å²) in [6, 6.07) is 6.76. The van der Waals surface area contributed by atoms with Crippen molar-refractivity contribution in [1.82, 2.24) is 5.32 Å². The van der Waals surface area contributed by atoms with Crippen LogP contribution in [-0.2, 0) is 19.9 Å². The fourth-order valence-electron chi connectivity index (χ4n) is 2.37. The van der Waals surface area contributed by atoms with E-state index in [0.717, 1.165) is 12.8 Å². The Morgan fingerprint density at radius 2 is 2.24 bits per heavy atom. The van der Waals surface area contributed by atoms with Gasteiger partial charge in [0.05, 0.1) is 12.5 Å². The summed E-state index contributed by atoms with van der Waals surface area (Å²) in [5.74, 6) is -1.11. The first-order chi connectivity index (χ1) is 9.93. The molecule has 0 radical (unpaired) electrons. The summed E-state index contributed by atoms with van der Waals surface area (Å²) in [6.45, 7) is 2.63. The minimum atomic E-state index is -1.29. The highest BCUT2D eigenvalue weighted by molar-refractivity contribution is 6.30. The summed E-state index contributed by atoms with van der Waals surface area (Å²) in [5.41, 5.74) is 4.77. The topological polar surface area (TPSA) is 81.4 Å². The van der Waals surface area contributed by atoms with Crippen molar-refractivity contribution in [3.63, 3.8) is 0 Å². The van der Waals surface area contributed by atoms with Gasteiger partial charge >= 0.3 is 0 Å². The number of carbonyl (C=O) groups is 2. The Balaban J connectivity index is 2.22. The summed E-state index contributed by atoms with van der Waals surface area (Å²) in [4.78, 5) is 24.2. The van der Waals surface area contributed by atoms with Crippen molar-refractivity contribution in [2.75, 3.05) is 13.2 Å². The number of hydrogen-bond donors (Lipinski definition) is 2. The van der Waals surface area contributed by atoms with Gasteiger partial charge in [-0.2, -0.15) is 0 Å². The van der Waals surface area contributed by atoms with Crippen molar-refractivity contribution in [1.29, 1.82) is 0 Å². The molecule has 0 saturated carbocycles. The molecule has 1 aromatic carbocycles. The van der Waals surface area contributed by atoms with Crippen molar-refractivity contribution in [2.24, 2.45) is 11.7 Å². The molecule has 2 rings (SSSR count). The molecule has 3 N–H and O–H groups in total. The molecule has 1 heterocycles. The molecular formula is C15H19ClN2O3. The Bertz CT molecular complexity index is 543. The van der Waals surface area contributed by atoms with Gasteiger partial charge in [-0.1, -0.05) is 23.7 Å². The van der Waals surface area contributed by atoms with Crippen LogP contribution in [0.2, 0.25) is 5.02 Å². The number of ether oxygens (including phenoxy) is 1. The summed E-state index contributed by atoms with van der Waals surface area (Å²) in [5, 5.41) is 3.24. The van der Waals surface area contributed by atoms with Gasteiger partial charge in [0.2, 0.25) is 11.8 Å². The summed E-state index contributed by atoms with van der Waals surface area (Å²) >= 11 is 5.96. The van der Waals surface area contributed by atoms with Crippen LogP contribution in [0, 0.1) is 5.92 Å². The Morgan fingerprint density at radius 1 is 1.48 bits per heavy atom. The first kappa shape index (κ1) is 15.8. The third-order valence-electron chi connectivity index (χ3n) is 3.80. The Labute approximate surface area is 128 Å². The molecule has 114 valence electrons. The van der Waals surface area contributed by atoms with Crippen molar-refractivity contribution >= 4 is 23.4 Å². The van der Waals surface area contributed by atoms with E-state index in [9.17, 15) is 9.59 Å². The highest BCUT2D eigenvalue weighted by Gasteiger charge is 2.37. The number of hydrogen-bond acceptors (Lipinski definition) is 3. The van der Waals surface area contributed by atoms with Crippen LogP contribution in [0.1, 0.15) is 25.3 Å². The first-order valence-electron chi connectivity index (χ1n) is 6.89. The summed E-state index contributed by atoms with van der Waals surface area (Å²) < 4.78 is 5.30. The minimum Gasteiger partial charge on any atom is -0.381 e. The van der Waals surface area contributed by atoms with Gasteiger partial charge in [-0.05, 0) is 37.5 Å². The number of halogens is 1. The van der Waals surface area contributed by atoms with E-state index in [1.54, 1.807) is 31.2 Å². The second-order valence-corrected chi connectivity index (χ2v) is 5.84. The van der Waals surface area contributed by atoms with Crippen LogP contribution >= 0.6 is 11.6 Å². The molecule has 2 atom stereocenters. The van der Waals surface area contributed by atoms with Crippen LogP contribution in [0.5, 0.6) is 0 Å². The quantitative estimate of drug-likeness (QED) is 0.886. The predicted molar refractivity (Wildman–Crippen MR) is 79.7 cm³/mol. The number of nitrogens with two attached hydrogens (primary N) is 1. The molecule has 6 heteroatoms. The van der Waals surface area contributed by atoms with E-state index in [2.05, 4.69) is 5.32 Å². The lowest BCUT2D eigenvalue weighted by atomic mass is 9.89. The fraction of sp³-hybridized carbons (Fsp3) is 0.467. The summed E-state index contributed by atoms with van der Waals surface area (Å²) in [7, 11) is 0. The molecule has 0 aliphatic carbocycles. The Hall–Kier alpha value is -1.59. The number of amides is 2. The number of rotatable bonds is 4. The smallest absolute Gasteiger partial charge is 0.247 e. The zero-order valence-corrected chi connectivity index (χ0v) is 12.7. The van der Waals surface area contributed by atoms with Crippen LogP contribution in [-0.4, -0.2) is 25.0 Å². The maximum Gasteiger partial charge on any atom is 0.247 e. The highest BCUT2D eigenvalue weighted by atomic mass is 35.5. The molecule has 5 nitrogen and oxygen atoms in total. The monoisotopic (exact) mass is 310 g/mol. The van der Waals surface area contributed by atoms with E-state index in [4.69, 9.17) is 22.1 Å². The van der Waals surface area contributed by atoms with Gasteiger partial charge in [0, 0.05) is 11.6 Å². The van der Waals surface area contributed by atoms with Gasteiger partial charge in [0.1, 0.15) is 5.54 Å². The maximum atomic E-state index is 12.3. The SMILES string of the molecule is C[C@@](NC(=O)[C@@H]1CCCOC1)(C(N)=O)c1cccc(Cl)c1. The molecule has 1 aromatic rings. The molecule has 2 amide bonds. The van der Waals surface area contributed by atoms with Crippen LogP contribution in [0.4, 0.5) is 0 Å². The molecule has 1 aliphatic heterocycles. The lowest BCUT2D eigenvalue weighted by molar-refractivity contribution is -0.136. The molecule has 21 heavy (non-hydrogen) atoms. The molecule has 1 fully saturated rings. The van der Waals surface area contributed by atoms with Gasteiger partial charge in [-0.3, -0.25) is 9.59 Å². The van der Waals surface area contributed by atoms with Crippen molar-refractivity contribution < 1.29 is 14.3 Å². The zero-order valence-electron chi connectivity index (χ0n) is 11.9. The van der Waals surface area contributed by atoms with E-state index < -0.39 is 11.4 Å². The van der Waals surface area contributed by atoms with E-state index in [0.29, 0.717) is 23.8 Å². The van der Waals surface area contributed by atoms with Crippen LogP contribution in [0.15, 0.2) is 24.3 Å². The van der Waals surface area contributed by atoms with E-state index in [1.165, 1.54) is 0 Å². The number of primary amides is 1.